The molecule has 0 unspecified atom stereocenters. The van der Waals surface area contributed by atoms with Crippen molar-refractivity contribution in [1.82, 2.24) is 0 Å². The summed E-state index contributed by atoms with van der Waals surface area (Å²) in [6.45, 7) is 1.99. The van der Waals surface area contributed by atoms with Crippen LogP contribution in [0.2, 0.25) is 0 Å². The zero-order valence-electron chi connectivity index (χ0n) is 8.13. The predicted molar refractivity (Wildman–Crippen MR) is 57.0 cm³/mol. The maximum Gasteiger partial charge on any atom is 0.143 e. The van der Waals surface area contributed by atoms with E-state index in [9.17, 15) is 9.18 Å². The van der Waals surface area contributed by atoms with Gasteiger partial charge in [0.15, 0.2) is 0 Å². The Balaban J connectivity index is 2.38. The molecular formula is C11H13FOS. The molecule has 76 valence electrons. The number of halogens is 1. The van der Waals surface area contributed by atoms with Crippen molar-refractivity contribution < 1.29 is 9.18 Å². The Morgan fingerprint density at radius 2 is 2.00 bits per heavy atom. The Kier molecular flexibility index (Phi) is 4.66. The summed E-state index contributed by atoms with van der Waals surface area (Å²) in [4.78, 5) is 12.1. The molecule has 0 saturated carbocycles. The molecule has 0 fully saturated rings. The zero-order valence-corrected chi connectivity index (χ0v) is 8.94. The van der Waals surface area contributed by atoms with Crippen LogP contribution in [0.3, 0.4) is 0 Å². The van der Waals surface area contributed by atoms with Gasteiger partial charge in [0.25, 0.3) is 0 Å². The minimum Gasteiger partial charge on any atom is -0.299 e. The molecule has 0 radical (unpaired) electrons. The average Bonchev–Trinajstić information content (AvgIpc) is 2.17. The van der Waals surface area contributed by atoms with Gasteiger partial charge in [-0.15, -0.1) is 11.8 Å². The maximum atomic E-state index is 12.5. The number of benzene rings is 1. The second-order valence-corrected chi connectivity index (χ2v) is 4.08. The molecule has 0 aliphatic carbocycles. The van der Waals surface area contributed by atoms with Crippen LogP contribution in [0.25, 0.3) is 0 Å². The molecule has 0 aliphatic rings. The van der Waals surface area contributed by atoms with E-state index in [0.717, 1.165) is 11.3 Å². The molecule has 1 nitrogen and oxygen atoms in total. The average molecular weight is 212 g/mol. The van der Waals surface area contributed by atoms with Crippen LogP contribution in [-0.2, 0) is 4.79 Å². The van der Waals surface area contributed by atoms with E-state index in [1.807, 2.05) is 6.92 Å². The Labute approximate surface area is 87.7 Å². The highest BCUT2D eigenvalue weighted by Gasteiger charge is 2.01. The van der Waals surface area contributed by atoms with Gasteiger partial charge in [-0.1, -0.05) is 6.92 Å². The van der Waals surface area contributed by atoms with Crippen molar-refractivity contribution >= 4 is 17.5 Å². The first-order valence-corrected chi connectivity index (χ1v) is 5.61. The second-order valence-electron chi connectivity index (χ2n) is 3.03. The van der Waals surface area contributed by atoms with Crippen molar-refractivity contribution in [3.8, 4) is 0 Å². The smallest absolute Gasteiger partial charge is 0.143 e. The molecule has 0 atom stereocenters. The van der Waals surface area contributed by atoms with Crippen molar-refractivity contribution in [2.45, 2.75) is 24.7 Å². The van der Waals surface area contributed by atoms with Crippen LogP contribution < -0.4 is 0 Å². The number of rotatable bonds is 5. The van der Waals surface area contributed by atoms with Gasteiger partial charge in [0.05, 0.1) is 5.75 Å². The minimum absolute atomic E-state index is 0.241. The van der Waals surface area contributed by atoms with Crippen molar-refractivity contribution in [3.05, 3.63) is 30.1 Å². The van der Waals surface area contributed by atoms with Gasteiger partial charge in [-0.25, -0.2) is 4.39 Å². The van der Waals surface area contributed by atoms with Crippen LogP contribution in [0.15, 0.2) is 29.2 Å². The minimum atomic E-state index is -0.241. The molecule has 0 aromatic heterocycles. The highest BCUT2D eigenvalue weighted by molar-refractivity contribution is 8.00. The lowest BCUT2D eigenvalue weighted by Crippen LogP contribution is -1.99. The van der Waals surface area contributed by atoms with Crippen LogP contribution in [0.4, 0.5) is 4.39 Å². The van der Waals surface area contributed by atoms with Crippen LogP contribution >= 0.6 is 11.8 Å². The fourth-order valence-corrected chi connectivity index (χ4v) is 1.85. The first kappa shape index (κ1) is 11.2. The molecule has 1 aromatic rings. The predicted octanol–water partition coefficient (Wildman–Crippen LogP) is 3.29. The first-order valence-electron chi connectivity index (χ1n) is 4.62. The third-order valence-corrected chi connectivity index (χ3v) is 2.81. The summed E-state index contributed by atoms with van der Waals surface area (Å²) in [5.74, 6) is 0.496. The lowest BCUT2D eigenvalue weighted by Gasteiger charge is -1.99. The highest BCUT2D eigenvalue weighted by atomic mass is 32.2. The van der Waals surface area contributed by atoms with E-state index >= 15 is 0 Å². The van der Waals surface area contributed by atoms with E-state index in [-0.39, 0.29) is 11.6 Å². The summed E-state index contributed by atoms with van der Waals surface area (Å²) < 4.78 is 12.5. The van der Waals surface area contributed by atoms with Gasteiger partial charge in [-0.2, -0.15) is 0 Å². The molecule has 1 aromatic carbocycles. The Morgan fingerprint density at radius 1 is 1.36 bits per heavy atom. The molecule has 0 aliphatic heterocycles. The van der Waals surface area contributed by atoms with Crippen molar-refractivity contribution in [2.24, 2.45) is 0 Å². The van der Waals surface area contributed by atoms with Crippen LogP contribution in [0.1, 0.15) is 19.8 Å². The summed E-state index contributed by atoms with van der Waals surface area (Å²) in [6, 6.07) is 6.21. The molecule has 1 rings (SSSR count). The molecule has 0 saturated heterocycles. The number of hydrogen-bond acceptors (Lipinski definition) is 2. The van der Waals surface area contributed by atoms with Gasteiger partial charge in [-0.3, -0.25) is 4.79 Å². The van der Waals surface area contributed by atoms with Crippen molar-refractivity contribution in [3.63, 3.8) is 0 Å². The summed E-state index contributed by atoms with van der Waals surface area (Å²) in [5.41, 5.74) is 0. The van der Waals surface area contributed by atoms with E-state index in [1.165, 1.54) is 23.9 Å². The lowest BCUT2D eigenvalue weighted by atomic mass is 10.3. The number of carbonyl (C=O) groups is 1. The van der Waals surface area contributed by atoms with Crippen LogP contribution in [0.5, 0.6) is 0 Å². The first-order chi connectivity index (χ1) is 6.72. The van der Waals surface area contributed by atoms with Gasteiger partial charge in [0.1, 0.15) is 11.6 Å². The molecular weight excluding hydrogens is 199 g/mol. The Hall–Kier alpha value is -0.830. The summed E-state index contributed by atoms with van der Waals surface area (Å²) in [7, 11) is 0. The van der Waals surface area contributed by atoms with Gasteiger partial charge >= 0.3 is 0 Å². The third kappa shape index (κ3) is 3.92. The summed E-state index contributed by atoms with van der Waals surface area (Å²) in [6.07, 6.45) is 1.52. The molecule has 0 spiro atoms. The fraction of sp³-hybridized carbons (Fsp3) is 0.364. The van der Waals surface area contributed by atoms with E-state index < -0.39 is 0 Å². The summed E-state index contributed by atoms with van der Waals surface area (Å²) in [5, 5.41) is 0. The molecule has 0 bridgehead atoms. The zero-order chi connectivity index (χ0) is 10.4. The van der Waals surface area contributed by atoms with Gasteiger partial charge in [0, 0.05) is 11.3 Å². The number of carbonyl (C=O) groups excluding carboxylic acids is 1. The molecule has 0 N–H and O–H groups in total. The maximum absolute atomic E-state index is 12.5. The van der Waals surface area contributed by atoms with Crippen molar-refractivity contribution in [2.75, 3.05) is 5.75 Å². The molecule has 0 heterocycles. The standard InChI is InChI=1S/C11H13FOS/c1-2-3-10(13)8-14-11-6-4-9(12)5-7-11/h4-7H,2-3,8H2,1H3. The number of thioether (sulfide) groups is 1. The van der Waals surface area contributed by atoms with E-state index in [0.29, 0.717) is 12.2 Å². The van der Waals surface area contributed by atoms with Crippen LogP contribution in [0, 0.1) is 5.82 Å². The highest BCUT2D eigenvalue weighted by Crippen LogP contribution is 2.18. The number of ketones is 1. The molecule has 14 heavy (non-hydrogen) atoms. The Bertz CT molecular complexity index is 295. The SMILES string of the molecule is CCCC(=O)CSc1ccc(F)cc1. The molecule has 3 heteroatoms. The van der Waals surface area contributed by atoms with Gasteiger partial charge < -0.3 is 0 Å². The normalized spacial score (nSPS) is 10.1. The van der Waals surface area contributed by atoms with Gasteiger partial charge in [-0.05, 0) is 30.7 Å². The topological polar surface area (TPSA) is 17.1 Å². The van der Waals surface area contributed by atoms with E-state index in [1.54, 1.807) is 12.1 Å². The third-order valence-electron chi connectivity index (χ3n) is 1.74. The quantitative estimate of drug-likeness (QED) is 0.697. The Morgan fingerprint density at radius 3 is 2.57 bits per heavy atom. The lowest BCUT2D eigenvalue weighted by molar-refractivity contribution is -0.116. The monoisotopic (exact) mass is 212 g/mol. The van der Waals surface area contributed by atoms with E-state index in [4.69, 9.17) is 0 Å². The number of Topliss-reactive ketones (excluding diaryl/α,β-unsaturated/α-hetero) is 1. The fourth-order valence-electron chi connectivity index (χ4n) is 1.05. The second kappa shape index (κ2) is 5.81. The number of hydrogen-bond donors (Lipinski definition) is 0. The summed E-state index contributed by atoms with van der Waals surface area (Å²) >= 11 is 1.46. The largest absolute Gasteiger partial charge is 0.299 e. The van der Waals surface area contributed by atoms with Gasteiger partial charge in [0.2, 0.25) is 0 Å². The van der Waals surface area contributed by atoms with Crippen molar-refractivity contribution in [1.29, 1.82) is 0 Å². The van der Waals surface area contributed by atoms with E-state index in [2.05, 4.69) is 0 Å². The van der Waals surface area contributed by atoms with Crippen LogP contribution in [-0.4, -0.2) is 11.5 Å². The molecule has 0 amide bonds.